The summed E-state index contributed by atoms with van der Waals surface area (Å²) in [6.07, 6.45) is 3.47. The van der Waals surface area contributed by atoms with Crippen molar-refractivity contribution in [2.24, 2.45) is 5.73 Å². The van der Waals surface area contributed by atoms with Gasteiger partial charge in [0.15, 0.2) is 0 Å². The van der Waals surface area contributed by atoms with Crippen molar-refractivity contribution in [1.82, 2.24) is 0 Å². The molecule has 1 nitrogen and oxygen atoms in total. The standard InChI is InChI=1S/C13H18ClN/c1-3-10-4-5-11(14)8-12(10)13(6-7-13)9(2)15/h4-5,8-9H,3,6-7,15H2,1-2H3. The summed E-state index contributed by atoms with van der Waals surface area (Å²) in [5.41, 5.74) is 9.09. The van der Waals surface area contributed by atoms with E-state index in [0.29, 0.717) is 0 Å². The monoisotopic (exact) mass is 223 g/mol. The topological polar surface area (TPSA) is 26.0 Å². The third-order valence-corrected chi connectivity index (χ3v) is 3.88. The summed E-state index contributed by atoms with van der Waals surface area (Å²) in [4.78, 5) is 0. The molecule has 82 valence electrons. The molecule has 1 aliphatic rings. The molecule has 0 spiro atoms. The zero-order chi connectivity index (χ0) is 11.1. The van der Waals surface area contributed by atoms with Gasteiger partial charge in [-0.1, -0.05) is 24.6 Å². The van der Waals surface area contributed by atoms with E-state index in [0.717, 1.165) is 11.4 Å². The lowest BCUT2D eigenvalue weighted by Crippen LogP contribution is -2.32. The van der Waals surface area contributed by atoms with Crippen molar-refractivity contribution in [3.8, 4) is 0 Å². The Hall–Kier alpha value is -0.530. The van der Waals surface area contributed by atoms with Gasteiger partial charge in [0.2, 0.25) is 0 Å². The molecule has 0 heterocycles. The SMILES string of the molecule is CCc1ccc(Cl)cc1C1(C(C)N)CC1. The van der Waals surface area contributed by atoms with Crippen molar-refractivity contribution in [3.63, 3.8) is 0 Å². The number of benzene rings is 1. The molecular weight excluding hydrogens is 206 g/mol. The number of halogens is 1. The van der Waals surface area contributed by atoms with E-state index in [1.807, 2.05) is 6.07 Å². The van der Waals surface area contributed by atoms with Gasteiger partial charge in [-0.15, -0.1) is 0 Å². The van der Waals surface area contributed by atoms with Crippen LogP contribution in [0.2, 0.25) is 5.02 Å². The van der Waals surface area contributed by atoms with Gasteiger partial charge in [-0.3, -0.25) is 0 Å². The zero-order valence-electron chi connectivity index (χ0n) is 9.39. The maximum Gasteiger partial charge on any atom is 0.0409 e. The minimum absolute atomic E-state index is 0.218. The van der Waals surface area contributed by atoms with E-state index in [2.05, 4.69) is 26.0 Å². The zero-order valence-corrected chi connectivity index (χ0v) is 10.1. The van der Waals surface area contributed by atoms with Gasteiger partial charge < -0.3 is 5.73 Å². The van der Waals surface area contributed by atoms with Crippen LogP contribution in [0.3, 0.4) is 0 Å². The average molecular weight is 224 g/mol. The highest BCUT2D eigenvalue weighted by molar-refractivity contribution is 6.30. The van der Waals surface area contributed by atoms with Crippen molar-refractivity contribution >= 4 is 11.6 Å². The highest BCUT2D eigenvalue weighted by atomic mass is 35.5. The summed E-state index contributed by atoms with van der Waals surface area (Å²) >= 11 is 6.07. The maximum absolute atomic E-state index is 6.10. The van der Waals surface area contributed by atoms with E-state index < -0.39 is 0 Å². The Bertz CT molecular complexity index is 367. The lowest BCUT2D eigenvalue weighted by Gasteiger charge is -2.23. The predicted molar refractivity (Wildman–Crippen MR) is 65.4 cm³/mol. The van der Waals surface area contributed by atoms with Gasteiger partial charge in [-0.05, 0) is 49.4 Å². The second kappa shape index (κ2) is 3.80. The molecule has 1 atom stereocenters. The third kappa shape index (κ3) is 1.79. The van der Waals surface area contributed by atoms with Crippen molar-refractivity contribution in [3.05, 3.63) is 34.3 Å². The lowest BCUT2D eigenvalue weighted by atomic mass is 9.85. The molecule has 1 aromatic carbocycles. The van der Waals surface area contributed by atoms with Crippen molar-refractivity contribution in [2.75, 3.05) is 0 Å². The van der Waals surface area contributed by atoms with Gasteiger partial charge in [0.25, 0.3) is 0 Å². The van der Waals surface area contributed by atoms with Crippen LogP contribution in [0.1, 0.15) is 37.8 Å². The van der Waals surface area contributed by atoms with Crippen molar-refractivity contribution < 1.29 is 0 Å². The van der Waals surface area contributed by atoms with Gasteiger partial charge in [0, 0.05) is 16.5 Å². The Morgan fingerprint density at radius 2 is 2.13 bits per heavy atom. The molecule has 2 N–H and O–H groups in total. The summed E-state index contributed by atoms with van der Waals surface area (Å²) in [5, 5.41) is 0.828. The largest absolute Gasteiger partial charge is 0.327 e. The van der Waals surface area contributed by atoms with Gasteiger partial charge in [-0.2, -0.15) is 0 Å². The second-order valence-corrected chi connectivity index (χ2v) is 5.04. The second-order valence-electron chi connectivity index (χ2n) is 4.60. The van der Waals surface area contributed by atoms with Crippen LogP contribution in [-0.4, -0.2) is 6.04 Å². The molecule has 1 aliphatic carbocycles. The molecule has 1 aromatic rings. The average Bonchev–Trinajstić information content (AvgIpc) is 2.98. The third-order valence-electron chi connectivity index (χ3n) is 3.65. The van der Waals surface area contributed by atoms with E-state index in [1.54, 1.807) is 0 Å². The first-order valence-electron chi connectivity index (χ1n) is 5.64. The number of nitrogens with two attached hydrogens (primary N) is 1. The van der Waals surface area contributed by atoms with Crippen LogP contribution in [0.15, 0.2) is 18.2 Å². The summed E-state index contributed by atoms with van der Waals surface area (Å²) in [7, 11) is 0. The van der Waals surface area contributed by atoms with E-state index in [-0.39, 0.29) is 11.5 Å². The van der Waals surface area contributed by atoms with Crippen LogP contribution in [0, 0.1) is 0 Å². The summed E-state index contributed by atoms with van der Waals surface area (Å²) in [6, 6.07) is 6.44. The molecule has 0 amide bonds. The maximum atomic E-state index is 6.10. The van der Waals surface area contributed by atoms with Gasteiger partial charge in [0.1, 0.15) is 0 Å². The van der Waals surface area contributed by atoms with E-state index in [1.165, 1.54) is 24.0 Å². The molecule has 0 aliphatic heterocycles. The van der Waals surface area contributed by atoms with Gasteiger partial charge in [0.05, 0.1) is 0 Å². The summed E-state index contributed by atoms with van der Waals surface area (Å²) < 4.78 is 0. The highest BCUT2D eigenvalue weighted by Gasteiger charge is 2.48. The number of hydrogen-bond acceptors (Lipinski definition) is 1. The molecule has 2 heteroatoms. The van der Waals surface area contributed by atoms with Crippen LogP contribution < -0.4 is 5.73 Å². The number of hydrogen-bond donors (Lipinski definition) is 1. The fraction of sp³-hybridized carbons (Fsp3) is 0.538. The first-order valence-corrected chi connectivity index (χ1v) is 6.02. The van der Waals surface area contributed by atoms with Crippen LogP contribution in [0.4, 0.5) is 0 Å². The Balaban J connectivity index is 2.46. The normalized spacial score (nSPS) is 20.0. The molecule has 2 rings (SSSR count). The molecule has 1 unspecified atom stereocenters. The van der Waals surface area contributed by atoms with Crippen LogP contribution >= 0.6 is 11.6 Å². The minimum Gasteiger partial charge on any atom is -0.327 e. The van der Waals surface area contributed by atoms with Crippen molar-refractivity contribution in [1.29, 1.82) is 0 Å². The van der Waals surface area contributed by atoms with E-state index in [4.69, 9.17) is 17.3 Å². The smallest absolute Gasteiger partial charge is 0.0409 e. The van der Waals surface area contributed by atoms with Crippen LogP contribution in [0.5, 0.6) is 0 Å². The Morgan fingerprint density at radius 3 is 2.60 bits per heavy atom. The fourth-order valence-corrected chi connectivity index (χ4v) is 2.60. The number of aryl methyl sites for hydroxylation is 1. The Labute approximate surface area is 96.6 Å². The van der Waals surface area contributed by atoms with E-state index in [9.17, 15) is 0 Å². The molecule has 15 heavy (non-hydrogen) atoms. The lowest BCUT2D eigenvalue weighted by molar-refractivity contribution is 0.552. The Morgan fingerprint density at radius 1 is 1.47 bits per heavy atom. The summed E-state index contributed by atoms with van der Waals surface area (Å²) in [5.74, 6) is 0. The highest BCUT2D eigenvalue weighted by Crippen LogP contribution is 2.51. The molecule has 0 aromatic heterocycles. The van der Waals surface area contributed by atoms with Crippen LogP contribution in [-0.2, 0) is 11.8 Å². The fourth-order valence-electron chi connectivity index (χ4n) is 2.43. The van der Waals surface area contributed by atoms with Crippen molar-refractivity contribution in [2.45, 2.75) is 44.6 Å². The molecular formula is C13H18ClN. The predicted octanol–water partition coefficient (Wildman–Crippen LogP) is 3.28. The van der Waals surface area contributed by atoms with Crippen LogP contribution in [0.25, 0.3) is 0 Å². The first kappa shape index (κ1) is 11.0. The molecule has 0 radical (unpaired) electrons. The Kier molecular flexibility index (Phi) is 2.78. The number of rotatable bonds is 3. The van der Waals surface area contributed by atoms with E-state index >= 15 is 0 Å². The minimum atomic E-state index is 0.218. The molecule has 0 saturated heterocycles. The molecule has 1 saturated carbocycles. The quantitative estimate of drug-likeness (QED) is 0.836. The summed E-state index contributed by atoms with van der Waals surface area (Å²) in [6.45, 7) is 4.29. The first-order chi connectivity index (χ1) is 7.10. The molecule has 1 fully saturated rings. The van der Waals surface area contributed by atoms with Gasteiger partial charge >= 0.3 is 0 Å². The van der Waals surface area contributed by atoms with Gasteiger partial charge in [-0.25, -0.2) is 0 Å². The molecule has 0 bridgehead atoms.